The van der Waals surface area contributed by atoms with E-state index in [2.05, 4.69) is 20.6 Å². The molecule has 1 aromatic rings. The minimum atomic E-state index is -1.16. The van der Waals surface area contributed by atoms with Crippen molar-refractivity contribution in [3.8, 4) is 0 Å². The van der Waals surface area contributed by atoms with Gasteiger partial charge in [0.2, 0.25) is 11.8 Å². The molecule has 0 aromatic carbocycles. The Morgan fingerprint density at radius 1 is 1.23 bits per heavy atom. The molecule has 10 heteroatoms. The Labute approximate surface area is 179 Å². The molecule has 1 saturated heterocycles. The fourth-order valence-electron chi connectivity index (χ4n) is 3.62. The van der Waals surface area contributed by atoms with E-state index in [4.69, 9.17) is 0 Å². The summed E-state index contributed by atoms with van der Waals surface area (Å²) in [6.07, 6.45) is 8.20. The van der Waals surface area contributed by atoms with E-state index < -0.39 is 41.8 Å². The van der Waals surface area contributed by atoms with Gasteiger partial charge in [0.15, 0.2) is 0 Å². The topological polar surface area (TPSA) is 141 Å². The molecule has 164 valence electrons. The highest BCUT2D eigenvalue weighted by Gasteiger charge is 2.37. The molecular formula is C21H25N5O5. The minimum Gasteiger partial charge on any atom is -0.480 e. The van der Waals surface area contributed by atoms with Crippen molar-refractivity contribution < 1.29 is 24.3 Å². The molecule has 3 rings (SSSR count). The van der Waals surface area contributed by atoms with Crippen LogP contribution in [-0.2, 0) is 14.4 Å². The van der Waals surface area contributed by atoms with Crippen molar-refractivity contribution in [2.24, 2.45) is 4.99 Å². The fourth-order valence-corrected chi connectivity index (χ4v) is 3.62. The van der Waals surface area contributed by atoms with Crippen LogP contribution in [0.25, 0.3) is 0 Å². The lowest BCUT2D eigenvalue weighted by Gasteiger charge is -2.28. The monoisotopic (exact) mass is 427 g/mol. The molecule has 0 aliphatic carbocycles. The third-order valence-electron chi connectivity index (χ3n) is 5.24. The van der Waals surface area contributed by atoms with E-state index in [1.54, 1.807) is 19.2 Å². The quantitative estimate of drug-likeness (QED) is 0.552. The highest BCUT2D eigenvalue weighted by molar-refractivity contribution is 5.98. The largest absolute Gasteiger partial charge is 0.480 e. The van der Waals surface area contributed by atoms with E-state index >= 15 is 0 Å². The lowest BCUT2D eigenvalue weighted by Crippen LogP contribution is -2.54. The first kappa shape index (κ1) is 22.1. The first-order valence-corrected chi connectivity index (χ1v) is 10.1. The number of carboxylic acids is 1. The summed E-state index contributed by atoms with van der Waals surface area (Å²) in [6, 6.07) is 0.316. The van der Waals surface area contributed by atoms with Gasteiger partial charge in [0.25, 0.3) is 5.91 Å². The van der Waals surface area contributed by atoms with Gasteiger partial charge in [0.1, 0.15) is 18.1 Å². The first-order chi connectivity index (χ1) is 14.9. The second kappa shape index (κ2) is 9.96. The fraction of sp³-hybridized carbons (Fsp3) is 0.429. The predicted octanol–water partition coefficient (Wildman–Crippen LogP) is 0.509. The van der Waals surface area contributed by atoms with E-state index in [9.17, 15) is 24.3 Å². The number of rotatable bonds is 8. The lowest BCUT2D eigenvalue weighted by molar-refractivity contribution is -0.144. The molecule has 10 nitrogen and oxygen atoms in total. The SMILES string of the molecule is C[C@@H](NC(=O)c1ccncc1)C(=O)N1CCC[C@H]1C(=O)N[C@@H](CC1=CCC=N1)C(=O)O. The highest BCUT2D eigenvalue weighted by Crippen LogP contribution is 2.20. The third kappa shape index (κ3) is 5.53. The van der Waals surface area contributed by atoms with Gasteiger partial charge in [-0.05, 0) is 31.9 Å². The molecule has 0 spiro atoms. The van der Waals surface area contributed by atoms with Crippen LogP contribution < -0.4 is 10.6 Å². The summed E-state index contributed by atoms with van der Waals surface area (Å²) < 4.78 is 0. The van der Waals surface area contributed by atoms with E-state index in [1.165, 1.54) is 29.4 Å². The summed E-state index contributed by atoms with van der Waals surface area (Å²) in [5.74, 6) is -2.49. The summed E-state index contributed by atoms with van der Waals surface area (Å²) in [6.45, 7) is 1.92. The van der Waals surface area contributed by atoms with E-state index in [1.807, 2.05) is 0 Å². The number of carboxylic acid groups (broad SMARTS) is 1. The maximum atomic E-state index is 12.9. The Morgan fingerprint density at radius 3 is 2.61 bits per heavy atom. The van der Waals surface area contributed by atoms with Crippen molar-refractivity contribution in [3.63, 3.8) is 0 Å². The Bertz CT molecular complexity index is 914. The first-order valence-electron chi connectivity index (χ1n) is 10.1. The number of aliphatic carboxylic acids is 1. The van der Waals surface area contributed by atoms with Gasteiger partial charge in [-0.15, -0.1) is 0 Å². The lowest BCUT2D eigenvalue weighted by atomic mass is 10.1. The molecular weight excluding hydrogens is 402 g/mol. The van der Waals surface area contributed by atoms with Gasteiger partial charge in [-0.3, -0.25) is 24.4 Å². The average molecular weight is 427 g/mol. The maximum Gasteiger partial charge on any atom is 0.326 e. The number of allylic oxidation sites excluding steroid dienone is 1. The number of pyridine rings is 1. The van der Waals surface area contributed by atoms with Crippen LogP contribution in [0.3, 0.4) is 0 Å². The summed E-state index contributed by atoms with van der Waals surface area (Å²) in [7, 11) is 0. The molecule has 2 aliphatic heterocycles. The standard InChI is InChI=1S/C21H25N5O5/c1-13(24-18(27)14-6-9-22-10-7-14)20(29)26-11-3-5-17(26)19(28)25-16(21(30)31)12-15-4-2-8-23-15/h4,6-10,13,16-17H,2-3,5,11-12H2,1H3,(H,24,27)(H,25,28)(H,30,31)/t13-,16+,17+/m1/s1. The Balaban J connectivity index is 1.61. The summed E-state index contributed by atoms with van der Waals surface area (Å²) in [5, 5.41) is 14.6. The van der Waals surface area contributed by atoms with Crippen molar-refractivity contribution >= 4 is 29.9 Å². The second-order valence-corrected chi connectivity index (χ2v) is 7.47. The van der Waals surface area contributed by atoms with Crippen LogP contribution in [0.15, 0.2) is 41.3 Å². The van der Waals surface area contributed by atoms with Gasteiger partial charge < -0.3 is 20.6 Å². The van der Waals surface area contributed by atoms with Crippen LogP contribution in [-0.4, -0.2) is 69.6 Å². The molecule has 3 atom stereocenters. The van der Waals surface area contributed by atoms with Gasteiger partial charge in [-0.25, -0.2) is 4.79 Å². The summed E-state index contributed by atoms with van der Waals surface area (Å²) in [5.41, 5.74) is 0.984. The predicted molar refractivity (Wildman–Crippen MR) is 111 cm³/mol. The average Bonchev–Trinajstić information content (AvgIpc) is 3.45. The van der Waals surface area contributed by atoms with Crippen LogP contribution in [0.4, 0.5) is 0 Å². The van der Waals surface area contributed by atoms with Crippen molar-refractivity contribution in [1.29, 1.82) is 0 Å². The molecule has 2 aliphatic rings. The zero-order valence-corrected chi connectivity index (χ0v) is 17.2. The normalized spacial score (nSPS) is 19.5. The number of aromatic nitrogens is 1. The van der Waals surface area contributed by atoms with Crippen LogP contribution >= 0.6 is 0 Å². The van der Waals surface area contributed by atoms with Gasteiger partial charge >= 0.3 is 5.97 Å². The summed E-state index contributed by atoms with van der Waals surface area (Å²) in [4.78, 5) is 58.9. The molecule has 1 aromatic heterocycles. The minimum absolute atomic E-state index is 0.0800. The Morgan fingerprint density at radius 2 is 1.97 bits per heavy atom. The smallest absolute Gasteiger partial charge is 0.326 e. The molecule has 1 fully saturated rings. The van der Waals surface area contributed by atoms with Gasteiger partial charge in [-0.2, -0.15) is 0 Å². The van der Waals surface area contributed by atoms with E-state index in [-0.39, 0.29) is 6.42 Å². The van der Waals surface area contributed by atoms with Crippen LogP contribution in [0.5, 0.6) is 0 Å². The molecule has 0 saturated carbocycles. The maximum absolute atomic E-state index is 12.9. The molecule has 0 unspecified atom stereocenters. The van der Waals surface area contributed by atoms with Crippen molar-refractivity contribution in [2.75, 3.05) is 6.54 Å². The number of hydrogen-bond acceptors (Lipinski definition) is 6. The second-order valence-electron chi connectivity index (χ2n) is 7.47. The van der Waals surface area contributed by atoms with Crippen LogP contribution in [0.2, 0.25) is 0 Å². The molecule has 0 bridgehead atoms. The zero-order chi connectivity index (χ0) is 22.4. The number of carbonyl (C=O) groups excluding carboxylic acids is 3. The molecule has 0 radical (unpaired) electrons. The Hall–Kier alpha value is -3.56. The molecule has 3 heterocycles. The van der Waals surface area contributed by atoms with Crippen molar-refractivity contribution in [2.45, 2.75) is 50.7 Å². The van der Waals surface area contributed by atoms with Crippen LogP contribution in [0.1, 0.15) is 43.0 Å². The van der Waals surface area contributed by atoms with Gasteiger partial charge in [0.05, 0.1) is 0 Å². The number of carbonyl (C=O) groups is 4. The van der Waals surface area contributed by atoms with E-state index in [0.717, 1.165) is 0 Å². The highest BCUT2D eigenvalue weighted by atomic mass is 16.4. The number of hydrogen-bond donors (Lipinski definition) is 3. The molecule has 3 N–H and O–H groups in total. The number of amides is 3. The van der Waals surface area contributed by atoms with Gasteiger partial charge in [0, 0.05) is 49.3 Å². The number of aliphatic imine (C=N–C) groups is 1. The number of nitrogens with one attached hydrogen (secondary N) is 2. The zero-order valence-electron chi connectivity index (χ0n) is 17.2. The van der Waals surface area contributed by atoms with Crippen molar-refractivity contribution in [3.05, 3.63) is 41.9 Å². The third-order valence-corrected chi connectivity index (χ3v) is 5.24. The van der Waals surface area contributed by atoms with Crippen molar-refractivity contribution in [1.82, 2.24) is 20.5 Å². The molecule has 31 heavy (non-hydrogen) atoms. The number of nitrogens with zero attached hydrogens (tertiary/aromatic N) is 3. The van der Waals surface area contributed by atoms with E-state index in [0.29, 0.717) is 37.1 Å². The number of likely N-dealkylation sites (tertiary alicyclic amines) is 1. The van der Waals surface area contributed by atoms with Crippen LogP contribution in [0, 0.1) is 0 Å². The molecule has 3 amide bonds. The summed E-state index contributed by atoms with van der Waals surface area (Å²) >= 11 is 0. The van der Waals surface area contributed by atoms with Gasteiger partial charge in [-0.1, -0.05) is 6.08 Å². The Kier molecular flexibility index (Phi) is 7.11.